The van der Waals surface area contributed by atoms with Gasteiger partial charge < -0.3 is 10.1 Å². The van der Waals surface area contributed by atoms with Gasteiger partial charge in [-0.15, -0.1) is 0 Å². The summed E-state index contributed by atoms with van der Waals surface area (Å²) in [5, 5.41) is 11.6. The second-order valence-corrected chi connectivity index (χ2v) is 5.27. The fraction of sp³-hybridized carbons (Fsp3) is 0.533. The summed E-state index contributed by atoms with van der Waals surface area (Å²) in [6.45, 7) is 8.27. The molecular formula is C15H22N4O2. The van der Waals surface area contributed by atoms with E-state index >= 15 is 0 Å². The molecule has 6 heteroatoms. The first-order valence-corrected chi connectivity index (χ1v) is 7.25. The minimum atomic E-state index is -0.161. The van der Waals surface area contributed by atoms with Crippen LogP contribution in [0.15, 0.2) is 6.07 Å². The number of aryl methyl sites for hydroxylation is 2. The molecule has 21 heavy (non-hydrogen) atoms. The zero-order valence-corrected chi connectivity index (χ0v) is 13.0. The van der Waals surface area contributed by atoms with Crippen LogP contribution in [0.5, 0.6) is 0 Å². The van der Waals surface area contributed by atoms with E-state index in [0.717, 1.165) is 28.1 Å². The minimum absolute atomic E-state index is 0.126. The number of hydrogen-bond acceptors (Lipinski definition) is 5. The lowest BCUT2D eigenvalue weighted by molar-refractivity contribution is -0.143. The number of nitrogens with zero attached hydrogens (tertiary/aromatic N) is 2. The van der Waals surface area contributed by atoms with Crippen LogP contribution >= 0.6 is 0 Å². The standard InChI is InChI=1S/C15H22N4O2/c1-5-21-12(20)7-6-10(3)16-14-13-9(2)8-11(4)17-15(13)19-18-14/h8,10H,5-7H2,1-4H3,(H2,16,17,18,19). The second-order valence-electron chi connectivity index (χ2n) is 5.27. The largest absolute Gasteiger partial charge is 0.466 e. The lowest BCUT2D eigenvalue weighted by Crippen LogP contribution is -2.18. The Kier molecular flexibility index (Phi) is 4.77. The number of H-pyrrole nitrogens is 1. The normalized spacial score (nSPS) is 12.4. The summed E-state index contributed by atoms with van der Waals surface area (Å²) in [5.41, 5.74) is 2.88. The summed E-state index contributed by atoms with van der Waals surface area (Å²) in [6.07, 6.45) is 1.10. The third kappa shape index (κ3) is 3.71. The van der Waals surface area contributed by atoms with E-state index in [0.29, 0.717) is 19.4 Å². The van der Waals surface area contributed by atoms with E-state index in [4.69, 9.17) is 4.74 Å². The second kappa shape index (κ2) is 6.56. The van der Waals surface area contributed by atoms with Crippen LogP contribution in [0.1, 0.15) is 37.9 Å². The number of nitrogens with one attached hydrogen (secondary N) is 2. The van der Waals surface area contributed by atoms with Gasteiger partial charge in [0.1, 0.15) is 0 Å². The summed E-state index contributed by atoms with van der Waals surface area (Å²) in [4.78, 5) is 15.8. The number of carbonyl (C=O) groups is 1. The molecule has 0 aliphatic carbocycles. The molecule has 1 atom stereocenters. The molecule has 2 heterocycles. The number of aromatic nitrogens is 3. The minimum Gasteiger partial charge on any atom is -0.466 e. The van der Waals surface area contributed by atoms with E-state index in [1.54, 1.807) is 0 Å². The molecule has 0 saturated carbocycles. The Hall–Kier alpha value is -2.11. The fourth-order valence-electron chi connectivity index (χ4n) is 2.36. The van der Waals surface area contributed by atoms with Gasteiger partial charge in [0, 0.05) is 18.2 Å². The first-order valence-electron chi connectivity index (χ1n) is 7.25. The van der Waals surface area contributed by atoms with Gasteiger partial charge in [-0.3, -0.25) is 9.89 Å². The Balaban J connectivity index is 2.04. The molecule has 0 aromatic carbocycles. The molecule has 0 bridgehead atoms. The Morgan fingerprint density at radius 2 is 2.24 bits per heavy atom. The van der Waals surface area contributed by atoms with Crippen molar-refractivity contribution in [3.8, 4) is 0 Å². The summed E-state index contributed by atoms with van der Waals surface area (Å²) in [7, 11) is 0. The van der Waals surface area contributed by atoms with Crippen molar-refractivity contribution < 1.29 is 9.53 Å². The number of carbonyl (C=O) groups excluding carboxylic acids is 1. The molecule has 0 fully saturated rings. The molecule has 2 rings (SSSR count). The van der Waals surface area contributed by atoms with E-state index in [1.165, 1.54) is 0 Å². The molecule has 2 aromatic heterocycles. The van der Waals surface area contributed by atoms with Crippen molar-refractivity contribution in [3.05, 3.63) is 17.3 Å². The maximum atomic E-state index is 11.4. The maximum Gasteiger partial charge on any atom is 0.305 e. The molecule has 2 N–H and O–H groups in total. The molecule has 1 unspecified atom stereocenters. The molecule has 114 valence electrons. The number of anilines is 1. The zero-order chi connectivity index (χ0) is 15.4. The van der Waals surface area contributed by atoms with Gasteiger partial charge in [0.2, 0.25) is 0 Å². The van der Waals surface area contributed by atoms with Crippen molar-refractivity contribution in [2.24, 2.45) is 0 Å². The molecule has 0 radical (unpaired) electrons. The Labute approximate surface area is 124 Å². The van der Waals surface area contributed by atoms with E-state index < -0.39 is 0 Å². The smallest absolute Gasteiger partial charge is 0.305 e. The van der Waals surface area contributed by atoms with Gasteiger partial charge in [-0.1, -0.05) is 0 Å². The molecule has 0 saturated heterocycles. The fourth-order valence-corrected chi connectivity index (χ4v) is 2.36. The van der Waals surface area contributed by atoms with Crippen molar-refractivity contribution >= 4 is 22.8 Å². The highest BCUT2D eigenvalue weighted by molar-refractivity contribution is 5.90. The average Bonchev–Trinajstić information content (AvgIpc) is 2.80. The number of hydrogen-bond donors (Lipinski definition) is 2. The van der Waals surface area contributed by atoms with Gasteiger partial charge >= 0.3 is 5.97 Å². The molecule has 0 amide bonds. The predicted molar refractivity (Wildman–Crippen MR) is 82.3 cm³/mol. The maximum absolute atomic E-state index is 11.4. The van der Waals surface area contributed by atoms with Crippen LogP contribution in [-0.4, -0.2) is 33.8 Å². The highest BCUT2D eigenvalue weighted by Crippen LogP contribution is 2.24. The number of pyridine rings is 1. The summed E-state index contributed by atoms with van der Waals surface area (Å²) >= 11 is 0. The SMILES string of the molecule is CCOC(=O)CCC(C)Nc1n[nH]c2nc(C)cc(C)c12. The van der Waals surface area contributed by atoms with E-state index in [-0.39, 0.29) is 12.0 Å². The number of rotatable bonds is 6. The topological polar surface area (TPSA) is 79.9 Å². The monoisotopic (exact) mass is 290 g/mol. The Morgan fingerprint density at radius 3 is 2.95 bits per heavy atom. The number of ether oxygens (including phenoxy) is 1. The van der Waals surface area contributed by atoms with Gasteiger partial charge in [0.15, 0.2) is 11.5 Å². The van der Waals surface area contributed by atoms with Crippen LogP contribution < -0.4 is 5.32 Å². The quantitative estimate of drug-likeness (QED) is 0.800. The first kappa shape index (κ1) is 15.3. The van der Waals surface area contributed by atoms with Crippen molar-refractivity contribution in [3.63, 3.8) is 0 Å². The number of esters is 1. The Bertz CT molecular complexity index is 636. The summed E-state index contributed by atoms with van der Waals surface area (Å²) in [6, 6.07) is 2.16. The Morgan fingerprint density at radius 1 is 1.48 bits per heavy atom. The first-order chi connectivity index (χ1) is 10.0. The van der Waals surface area contributed by atoms with Crippen molar-refractivity contribution in [1.82, 2.24) is 15.2 Å². The van der Waals surface area contributed by atoms with Crippen molar-refractivity contribution in [2.45, 2.75) is 46.6 Å². The van der Waals surface area contributed by atoms with Gasteiger partial charge in [-0.05, 0) is 45.7 Å². The third-order valence-corrected chi connectivity index (χ3v) is 3.33. The lowest BCUT2D eigenvalue weighted by atomic mass is 10.1. The van der Waals surface area contributed by atoms with Gasteiger partial charge in [-0.2, -0.15) is 5.10 Å². The molecule has 6 nitrogen and oxygen atoms in total. The summed E-state index contributed by atoms with van der Waals surface area (Å²) in [5.74, 6) is 0.623. The van der Waals surface area contributed by atoms with Gasteiger partial charge in [0.05, 0.1) is 12.0 Å². The predicted octanol–water partition coefficient (Wildman–Crippen LogP) is 2.72. The summed E-state index contributed by atoms with van der Waals surface area (Å²) < 4.78 is 4.93. The van der Waals surface area contributed by atoms with Crippen LogP contribution in [0, 0.1) is 13.8 Å². The van der Waals surface area contributed by atoms with Gasteiger partial charge in [-0.25, -0.2) is 4.98 Å². The lowest BCUT2D eigenvalue weighted by Gasteiger charge is -2.13. The number of fused-ring (bicyclic) bond motifs is 1. The van der Waals surface area contributed by atoms with E-state index in [2.05, 4.69) is 20.5 Å². The molecular weight excluding hydrogens is 268 g/mol. The van der Waals surface area contributed by atoms with Crippen molar-refractivity contribution in [1.29, 1.82) is 0 Å². The van der Waals surface area contributed by atoms with Gasteiger partial charge in [0.25, 0.3) is 0 Å². The third-order valence-electron chi connectivity index (χ3n) is 3.33. The van der Waals surface area contributed by atoms with Crippen LogP contribution in [0.4, 0.5) is 5.82 Å². The molecule has 2 aromatic rings. The average molecular weight is 290 g/mol. The molecule has 0 spiro atoms. The highest BCUT2D eigenvalue weighted by Gasteiger charge is 2.13. The number of aromatic amines is 1. The van der Waals surface area contributed by atoms with Crippen LogP contribution in [-0.2, 0) is 9.53 Å². The van der Waals surface area contributed by atoms with Crippen LogP contribution in [0.3, 0.4) is 0 Å². The van der Waals surface area contributed by atoms with E-state index in [9.17, 15) is 4.79 Å². The van der Waals surface area contributed by atoms with Crippen LogP contribution in [0.2, 0.25) is 0 Å². The van der Waals surface area contributed by atoms with Crippen molar-refractivity contribution in [2.75, 3.05) is 11.9 Å². The molecule has 0 aliphatic rings. The highest BCUT2D eigenvalue weighted by atomic mass is 16.5. The molecule has 0 aliphatic heterocycles. The zero-order valence-electron chi connectivity index (χ0n) is 13.0. The van der Waals surface area contributed by atoms with E-state index in [1.807, 2.05) is 33.8 Å². The van der Waals surface area contributed by atoms with Crippen LogP contribution in [0.25, 0.3) is 11.0 Å².